The fourth-order valence-electron chi connectivity index (χ4n) is 3.19. The van der Waals surface area contributed by atoms with Crippen LogP contribution in [0.4, 0.5) is 9.18 Å². The van der Waals surface area contributed by atoms with Crippen molar-refractivity contribution in [2.45, 2.75) is 43.4 Å². The normalized spacial score (nSPS) is 24.4. The number of nitrogens with one attached hydrogen (secondary N) is 1. The number of ether oxygens (including phenoxy) is 1. The Labute approximate surface area is 153 Å². The van der Waals surface area contributed by atoms with Gasteiger partial charge in [-0.05, 0) is 39.0 Å². The number of rotatable bonds is 2. The second-order valence-corrected chi connectivity index (χ2v) is 9.68. The van der Waals surface area contributed by atoms with Crippen LogP contribution in [-0.2, 0) is 14.8 Å². The lowest BCUT2D eigenvalue weighted by Crippen LogP contribution is -2.63. The molecule has 0 radical (unpaired) electrons. The van der Waals surface area contributed by atoms with Crippen LogP contribution >= 0.6 is 0 Å². The van der Waals surface area contributed by atoms with Crippen molar-refractivity contribution in [3.05, 3.63) is 30.1 Å². The molecule has 0 saturated carbocycles. The van der Waals surface area contributed by atoms with E-state index in [1.54, 1.807) is 4.90 Å². The summed E-state index contributed by atoms with van der Waals surface area (Å²) in [4.78, 5) is 14.0. The summed E-state index contributed by atoms with van der Waals surface area (Å²) in [7, 11) is -3.80. The quantitative estimate of drug-likeness (QED) is 0.835. The molecule has 2 aliphatic heterocycles. The molecule has 7 nitrogen and oxygen atoms in total. The molecule has 2 atom stereocenters. The van der Waals surface area contributed by atoms with Gasteiger partial charge in [0.25, 0.3) is 0 Å². The maximum atomic E-state index is 13.4. The van der Waals surface area contributed by atoms with Gasteiger partial charge in [-0.25, -0.2) is 17.6 Å². The van der Waals surface area contributed by atoms with Crippen molar-refractivity contribution < 1.29 is 22.3 Å². The first-order chi connectivity index (χ1) is 12.0. The number of halogens is 1. The van der Waals surface area contributed by atoms with Crippen LogP contribution in [-0.4, -0.2) is 67.6 Å². The van der Waals surface area contributed by atoms with Gasteiger partial charge in [-0.1, -0.05) is 6.07 Å². The molecule has 2 bridgehead atoms. The van der Waals surface area contributed by atoms with Crippen LogP contribution in [0, 0.1) is 5.82 Å². The largest absolute Gasteiger partial charge is 0.369 e. The Bertz CT molecular complexity index is 779. The summed E-state index contributed by atoms with van der Waals surface area (Å²) >= 11 is 0. The van der Waals surface area contributed by atoms with Gasteiger partial charge in [0, 0.05) is 18.6 Å². The Morgan fingerprint density at radius 2 is 1.81 bits per heavy atom. The molecular weight excluding hydrogens is 361 g/mol. The Kier molecular flexibility index (Phi) is 4.98. The zero-order valence-corrected chi connectivity index (χ0v) is 15.9. The van der Waals surface area contributed by atoms with Crippen LogP contribution < -0.4 is 5.32 Å². The average Bonchev–Trinajstić information content (AvgIpc) is 2.52. The molecule has 2 aliphatic rings. The number of carbonyl (C=O) groups excluding carboxylic acids is 1. The molecule has 2 heterocycles. The van der Waals surface area contributed by atoms with E-state index in [1.165, 1.54) is 22.5 Å². The number of sulfonamides is 1. The van der Waals surface area contributed by atoms with E-state index < -0.39 is 28.0 Å². The van der Waals surface area contributed by atoms with E-state index in [0.29, 0.717) is 13.1 Å². The smallest absolute Gasteiger partial charge is 0.317 e. The second-order valence-electron chi connectivity index (χ2n) is 7.74. The van der Waals surface area contributed by atoms with Crippen molar-refractivity contribution in [3.8, 4) is 0 Å². The third kappa shape index (κ3) is 4.16. The molecule has 3 rings (SSSR count). The molecule has 0 spiro atoms. The molecule has 1 aromatic rings. The van der Waals surface area contributed by atoms with Gasteiger partial charge < -0.3 is 15.0 Å². The summed E-state index contributed by atoms with van der Waals surface area (Å²) in [6.45, 7) is 6.60. The molecule has 0 aliphatic carbocycles. The first kappa shape index (κ1) is 19.1. The Hall–Kier alpha value is -1.71. The highest BCUT2D eigenvalue weighted by molar-refractivity contribution is 7.89. The van der Waals surface area contributed by atoms with E-state index in [4.69, 9.17) is 4.74 Å². The zero-order valence-electron chi connectivity index (χ0n) is 15.1. The predicted octanol–water partition coefficient (Wildman–Crippen LogP) is 1.41. The minimum atomic E-state index is -3.80. The zero-order chi connectivity index (χ0) is 19.1. The standard InChI is InChI=1S/C17H24FN3O4S/c1-17(2,3)19-16(22)20-8-13-10-21(11-14(9-20)25-13)26(23,24)15-6-4-5-12(18)7-15/h4-7,13-14H,8-11H2,1-3H3,(H,19,22)/t13-,14+. The minimum Gasteiger partial charge on any atom is -0.369 e. The lowest BCUT2D eigenvalue weighted by atomic mass is 10.1. The van der Waals surface area contributed by atoms with Crippen LogP contribution in [0.5, 0.6) is 0 Å². The highest BCUT2D eigenvalue weighted by Crippen LogP contribution is 2.25. The molecule has 2 amide bonds. The maximum Gasteiger partial charge on any atom is 0.317 e. The van der Waals surface area contributed by atoms with E-state index in [9.17, 15) is 17.6 Å². The van der Waals surface area contributed by atoms with Crippen LogP contribution in [0.2, 0.25) is 0 Å². The third-order valence-corrected chi connectivity index (χ3v) is 6.08. The fourth-order valence-corrected chi connectivity index (χ4v) is 4.73. The summed E-state index contributed by atoms with van der Waals surface area (Å²) in [6.07, 6.45) is -0.812. The summed E-state index contributed by atoms with van der Waals surface area (Å²) in [5.74, 6) is -0.593. The first-order valence-electron chi connectivity index (χ1n) is 8.53. The number of carbonyl (C=O) groups is 1. The van der Waals surface area contributed by atoms with E-state index >= 15 is 0 Å². The number of benzene rings is 1. The molecule has 0 unspecified atom stereocenters. The molecule has 1 aromatic carbocycles. The molecule has 0 aromatic heterocycles. The summed E-state index contributed by atoms with van der Waals surface area (Å²) < 4.78 is 46.1. The van der Waals surface area contributed by atoms with Crippen LogP contribution in [0.3, 0.4) is 0 Å². The van der Waals surface area contributed by atoms with Crippen LogP contribution in [0.15, 0.2) is 29.2 Å². The van der Waals surface area contributed by atoms with Crippen molar-refractivity contribution in [3.63, 3.8) is 0 Å². The minimum absolute atomic E-state index is 0.0696. The van der Waals surface area contributed by atoms with Gasteiger partial charge in [0.05, 0.1) is 30.2 Å². The number of hydrogen-bond acceptors (Lipinski definition) is 4. The van der Waals surface area contributed by atoms with Crippen LogP contribution in [0.25, 0.3) is 0 Å². The molecule has 26 heavy (non-hydrogen) atoms. The lowest BCUT2D eigenvalue weighted by molar-refractivity contribution is -0.111. The first-order valence-corrected chi connectivity index (χ1v) is 9.97. The van der Waals surface area contributed by atoms with Crippen LogP contribution in [0.1, 0.15) is 20.8 Å². The topological polar surface area (TPSA) is 79.0 Å². The number of fused-ring (bicyclic) bond motifs is 2. The Morgan fingerprint density at radius 3 is 2.35 bits per heavy atom. The highest BCUT2D eigenvalue weighted by atomic mass is 32.2. The van der Waals surface area contributed by atoms with Crippen molar-refractivity contribution in [1.82, 2.24) is 14.5 Å². The Morgan fingerprint density at radius 1 is 1.19 bits per heavy atom. The highest BCUT2D eigenvalue weighted by Gasteiger charge is 2.41. The second kappa shape index (κ2) is 6.79. The van der Waals surface area contributed by atoms with Crippen molar-refractivity contribution in [2.75, 3.05) is 26.2 Å². The van der Waals surface area contributed by atoms with Gasteiger partial charge >= 0.3 is 6.03 Å². The summed E-state index contributed by atoms with van der Waals surface area (Å²) in [6, 6.07) is 4.80. The van der Waals surface area contributed by atoms with E-state index in [1.807, 2.05) is 20.8 Å². The number of morpholine rings is 2. The average molecular weight is 385 g/mol. The predicted molar refractivity (Wildman–Crippen MR) is 93.7 cm³/mol. The van der Waals surface area contributed by atoms with E-state index in [0.717, 1.165) is 6.07 Å². The monoisotopic (exact) mass is 385 g/mol. The van der Waals surface area contributed by atoms with Gasteiger partial charge in [0.15, 0.2) is 0 Å². The molecule has 9 heteroatoms. The summed E-state index contributed by atoms with van der Waals surface area (Å²) in [5.41, 5.74) is -0.350. The number of urea groups is 1. The van der Waals surface area contributed by atoms with E-state index in [2.05, 4.69) is 5.32 Å². The fraction of sp³-hybridized carbons (Fsp3) is 0.588. The van der Waals surface area contributed by atoms with Gasteiger partial charge in [-0.2, -0.15) is 4.31 Å². The molecule has 2 fully saturated rings. The molecule has 1 N–H and O–H groups in total. The number of amides is 2. The maximum absolute atomic E-state index is 13.4. The number of hydrogen-bond donors (Lipinski definition) is 1. The molecule has 144 valence electrons. The number of nitrogens with zero attached hydrogens (tertiary/aromatic N) is 2. The third-order valence-electron chi connectivity index (χ3n) is 4.25. The SMILES string of the molecule is CC(C)(C)NC(=O)N1C[C@@H]2CN(S(=O)(=O)c3cccc(F)c3)C[C@H](C1)O2. The molecular formula is C17H24FN3O4S. The Balaban J connectivity index is 1.72. The van der Waals surface area contributed by atoms with Crippen molar-refractivity contribution >= 4 is 16.1 Å². The summed E-state index contributed by atoms with van der Waals surface area (Å²) in [5, 5.41) is 2.91. The van der Waals surface area contributed by atoms with Crippen molar-refractivity contribution in [2.24, 2.45) is 0 Å². The lowest BCUT2D eigenvalue weighted by Gasteiger charge is -2.45. The van der Waals surface area contributed by atoms with E-state index in [-0.39, 0.29) is 29.6 Å². The van der Waals surface area contributed by atoms with Gasteiger partial charge in [0.1, 0.15) is 5.82 Å². The van der Waals surface area contributed by atoms with Gasteiger partial charge in [0.2, 0.25) is 10.0 Å². The molecule has 2 saturated heterocycles. The van der Waals surface area contributed by atoms with Gasteiger partial charge in [-0.3, -0.25) is 0 Å². The van der Waals surface area contributed by atoms with Crippen molar-refractivity contribution in [1.29, 1.82) is 0 Å². The van der Waals surface area contributed by atoms with Gasteiger partial charge in [-0.15, -0.1) is 0 Å².